The van der Waals surface area contributed by atoms with Crippen molar-refractivity contribution in [1.29, 1.82) is 0 Å². The molecule has 4 nitrogen and oxygen atoms in total. The van der Waals surface area contributed by atoms with Crippen LogP contribution in [0, 0.1) is 6.92 Å². The van der Waals surface area contributed by atoms with Gasteiger partial charge in [0.1, 0.15) is 0 Å². The number of likely N-dealkylation sites (N-methyl/N-ethyl adjacent to an activating group) is 1. The van der Waals surface area contributed by atoms with Crippen molar-refractivity contribution in [3.63, 3.8) is 0 Å². The van der Waals surface area contributed by atoms with Gasteiger partial charge in [0.2, 0.25) is 11.8 Å². The van der Waals surface area contributed by atoms with Crippen LogP contribution >= 0.6 is 11.6 Å². The highest BCUT2D eigenvalue weighted by atomic mass is 35.5. The van der Waals surface area contributed by atoms with Gasteiger partial charge < -0.3 is 4.42 Å². The summed E-state index contributed by atoms with van der Waals surface area (Å²) in [6.07, 6.45) is 0.959. The molecule has 0 aliphatic heterocycles. The minimum absolute atomic E-state index is 0.383. The van der Waals surface area contributed by atoms with E-state index in [1.54, 1.807) is 6.92 Å². The third kappa shape index (κ3) is 4.04. The second kappa shape index (κ2) is 6.17. The van der Waals surface area contributed by atoms with E-state index in [0.717, 1.165) is 11.4 Å². The van der Waals surface area contributed by atoms with Gasteiger partial charge in [-0.3, -0.25) is 4.90 Å². The van der Waals surface area contributed by atoms with Gasteiger partial charge in [-0.1, -0.05) is 23.7 Å². The molecule has 5 heteroatoms. The zero-order valence-electron chi connectivity index (χ0n) is 11.4. The van der Waals surface area contributed by atoms with Gasteiger partial charge in [-0.05, 0) is 38.1 Å². The SMILES string of the molecule is Cc1nnc(CN(C)[C@H](C)Cc2ccc(Cl)cc2)o1. The van der Waals surface area contributed by atoms with E-state index in [9.17, 15) is 0 Å². The molecule has 102 valence electrons. The summed E-state index contributed by atoms with van der Waals surface area (Å²) >= 11 is 5.88. The van der Waals surface area contributed by atoms with Crippen LogP contribution in [0.4, 0.5) is 0 Å². The van der Waals surface area contributed by atoms with Crippen LogP contribution in [0.1, 0.15) is 24.3 Å². The van der Waals surface area contributed by atoms with Crippen LogP contribution in [-0.4, -0.2) is 28.2 Å². The van der Waals surface area contributed by atoms with Gasteiger partial charge in [-0.2, -0.15) is 0 Å². The molecule has 2 aromatic rings. The minimum atomic E-state index is 0.383. The summed E-state index contributed by atoms with van der Waals surface area (Å²) in [6.45, 7) is 4.64. The first-order chi connectivity index (χ1) is 9.04. The fourth-order valence-electron chi connectivity index (χ4n) is 1.89. The minimum Gasteiger partial charge on any atom is -0.424 e. The second-order valence-corrected chi connectivity index (χ2v) is 5.25. The average Bonchev–Trinajstić information content (AvgIpc) is 2.77. The average molecular weight is 280 g/mol. The fourth-order valence-corrected chi connectivity index (χ4v) is 2.01. The van der Waals surface area contributed by atoms with Crippen molar-refractivity contribution in [3.8, 4) is 0 Å². The molecule has 0 radical (unpaired) electrons. The van der Waals surface area contributed by atoms with Gasteiger partial charge in [-0.15, -0.1) is 10.2 Å². The first-order valence-corrected chi connectivity index (χ1v) is 6.66. The normalized spacial score (nSPS) is 12.9. The van der Waals surface area contributed by atoms with Gasteiger partial charge in [0, 0.05) is 18.0 Å². The third-order valence-electron chi connectivity index (χ3n) is 3.15. The van der Waals surface area contributed by atoms with Crippen LogP contribution in [0.25, 0.3) is 0 Å². The van der Waals surface area contributed by atoms with Crippen LogP contribution in [0.2, 0.25) is 5.02 Å². The lowest BCUT2D eigenvalue weighted by Crippen LogP contribution is -2.30. The number of aryl methyl sites for hydroxylation is 1. The molecule has 0 spiro atoms. The number of hydrogen-bond acceptors (Lipinski definition) is 4. The predicted molar refractivity (Wildman–Crippen MR) is 75.1 cm³/mol. The molecule has 0 saturated carbocycles. The smallest absolute Gasteiger partial charge is 0.230 e. The lowest BCUT2D eigenvalue weighted by molar-refractivity contribution is 0.223. The van der Waals surface area contributed by atoms with Crippen molar-refractivity contribution in [3.05, 3.63) is 46.6 Å². The molecule has 1 aromatic carbocycles. The first kappa shape index (κ1) is 14.0. The zero-order valence-corrected chi connectivity index (χ0v) is 12.2. The van der Waals surface area contributed by atoms with Crippen molar-refractivity contribution in [2.45, 2.75) is 32.9 Å². The molecule has 1 heterocycles. The summed E-state index contributed by atoms with van der Waals surface area (Å²) < 4.78 is 5.39. The maximum absolute atomic E-state index is 5.88. The molecule has 0 unspecified atom stereocenters. The Kier molecular flexibility index (Phi) is 4.56. The molecule has 0 N–H and O–H groups in total. The largest absolute Gasteiger partial charge is 0.424 e. The maximum atomic E-state index is 5.88. The molecule has 0 saturated heterocycles. The van der Waals surface area contributed by atoms with Crippen molar-refractivity contribution >= 4 is 11.6 Å². The van der Waals surface area contributed by atoms with Crippen LogP contribution in [0.5, 0.6) is 0 Å². The zero-order chi connectivity index (χ0) is 13.8. The van der Waals surface area contributed by atoms with Crippen LogP contribution in [0.3, 0.4) is 0 Å². The summed E-state index contributed by atoms with van der Waals surface area (Å²) in [6, 6.07) is 8.34. The van der Waals surface area contributed by atoms with Crippen molar-refractivity contribution in [2.75, 3.05) is 7.05 Å². The Hall–Kier alpha value is -1.39. The molecule has 19 heavy (non-hydrogen) atoms. The van der Waals surface area contributed by atoms with E-state index in [1.807, 2.05) is 12.1 Å². The second-order valence-electron chi connectivity index (χ2n) is 4.81. The van der Waals surface area contributed by atoms with E-state index < -0.39 is 0 Å². The number of rotatable bonds is 5. The Bertz CT molecular complexity index is 524. The summed E-state index contributed by atoms with van der Waals surface area (Å²) in [5, 5.41) is 8.62. The molecule has 0 bridgehead atoms. The van der Waals surface area contributed by atoms with Gasteiger partial charge in [0.25, 0.3) is 0 Å². The number of aromatic nitrogens is 2. The Morgan fingerprint density at radius 3 is 2.53 bits per heavy atom. The summed E-state index contributed by atoms with van der Waals surface area (Å²) in [4.78, 5) is 2.20. The third-order valence-corrected chi connectivity index (χ3v) is 3.40. The summed E-state index contributed by atoms with van der Waals surface area (Å²) in [5.41, 5.74) is 1.27. The van der Waals surface area contributed by atoms with Gasteiger partial charge >= 0.3 is 0 Å². The Morgan fingerprint density at radius 2 is 1.95 bits per heavy atom. The van der Waals surface area contributed by atoms with E-state index in [4.69, 9.17) is 16.0 Å². The van der Waals surface area contributed by atoms with Crippen molar-refractivity contribution in [2.24, 2.45) is 0 Å². The standard InChI is InChI=1S/C14H18ClN3O/c1-10(8-12-4-6-13(15)7-5-12)18(3)9-14-17-16-11(2)19-14/h4-7,10H,8-9H2,1-3H3/t10-/m1/s1. The quantitative estimate of drug-likeness (QED) is 0.843. The molecule has 2 rings (SSSR count). The van der Waals surface area contributed by atoms with Crippen molar-refractivity contribution < 1.29 is 4.42 Å². The maximum Gasteiger partial charge on any atom is 0.230 e. The number of halogens is 1. The molecule has 1 atom stereocenters. The highest BCUT2D eigenvalue weighted by Crippen LogP contribution is 2.14. The van der Waals surface area contributed by atoms with Crippen molar-refractivity contribution in [1.82, 2.24) is 15.1 Å². The molecular formula is C14H18ClN3O. The molecular weight excluding hydrogens is 262 g/mol. The van der Waals surface area contributed by atoms with Gasteiger partial charge in [0.05, 0.1) is 6.54 Å². The Labute approximate surface area is 118 Å². The Morgan fingerprint density at radius 1 is 1.26 bits per heavy atom. The number of nitrogens with zero attached hydrogens (tertiary/aromatic N) is 3. The van der Waals surface area contributed by atoms with E-state index in [0.29, 0.717) is 24.4 Å². The van der Waals surface area contributed by atoms with E-state index >= 15 is 0 Å². The van der Waals surface area contributed by atoms with E-state index in [2.05, 4.69) is 41.2 Å². The van der Waals surface area contributed by atoms with Crippen LogP contribution in [0.15, 0.2) is 28.7 Å². The van der Waals surface area contributed by atoms with Gasteiger partial charge in [-0.25, -0.2) is 0 Å². The van der Waals surface area contributed by atoms with Crippen LogP contribution in [-0.2, 0) is 13.0 Å². The first-order valence-electron chi connectivity index (χ1n) is 6.28. The molecule has 0 aliphatic carbocycles. The monoisotopic (exact) mass is 279 g/mol. The fraction of sp³-hybridized carbons (Fsp3) is 0.429. The predicted octanol–water partition coefficient (Wildman–Crippen LogP) is 3.09. The number of benzene rings is 1. The van der Waals surface area contributed by atoms with E-state index in [1.165, 1.54) is 5.56 Å². The lowest BCUT2D eigenvalue weighted by Gasteiger charge is -2.23. The number of hydrogen-bond donors (Lipinski definition) is 0. The molecule has 0 aliphatic rings. The van der Waals surface area contributed by atoms with Gasteiger partial charge in [0.15, 0.2) is 0 Å². The topological polar surface area (TPSA) is 42.2 Å². The van der Waals surface area contributed by atoms with Crippen LogP contribution < -0.4 is 0 Å². The molecule has 0 amide bonds. The lowest BCUT2D eigenvalue weighted by atomic mass is 10.1. The molecule has 1 aromatic heterocycles. The highest BCUT2D eigenvalue weighted by molar-refractivity contribution is 6.30. The van der Waals surface area contributed by atoms with E-state index in [-0.39, 0.29) is 0 Å². The molecule has 0 fully saturated rings. The summed E-state index contributed by atoms with van der Waals surface area (Å²) in [5.74, 6) is 1.26. The highest BCUT2D eigenvalue weighted by Gasteiger charge is 2.13. The summed E-state index contributed by atoms with van der Waals surface area (Å²) in [7, 11) is 2.06. The Balaban J connectivity index is 1.91.